The van der Waals surface area contributed by atoms with Crippen molar-refractivity contribution in [2.45, 2.75) is 55.9 Å². The van der Waals surface area contributed by atoms with Gasteiger partial charge in [-0.1, -0.05) is 0 Å². The first-order valence-corrected chi connectivity index (χ1v) is 16.2. The molecule has 0 aromatic heterocycles. The molecule has 3 aromatic rings. The SMILES string of the molecule is CCNCCc1ccc(C[As](CC)c2cc(OC)ccc2C2CCc3cc(O)ccc3C2)cc1. The minimum atomic E-state index is -1.30. The number of hydrogen-bond acceptors (Lipinski definition) is 3. The molecular formula is C30H38AsNO2. The van der Waals surface area contributed by atoms with Crippen LogP contribution >= 0.6 is 0 Å². The van der Waals surface area contributed by atoms with Gasteiger partial charge in [0.2, 0.25) is 0 Å². The Balaban J connectivity index is 1.56. The van der Waals surface area contributed by atoms with Crippen LogP contribution < -0.4 is 14.4 Å². The zero-order valence-corrected chi connectivity index (χ0v) is 22.7. The third-order valence-electron chi connectivity index (χ3n) is 7.05. The van der Waals surface area contributed by atoms with Gasteiger partial charge < -0.3 is 0 Å². The van der Waals surface area contributed by atoms with Crippen molar-refractivity contribution in [3.05, 3.63) is 88.5 Å². The number of aromatic hydroxyl groups is 1. The van der Waals surface area contributed by atoms with Crippen LogP contribution in [0, 0.1) is 0 Å². The average molecular weight is 520 g/mol. The molecule has 0 radical (unpaired) electrons. The van der Waals surface area contributed by atoms with E-state index in [0.717, 1.165) is 44.5 Å². The Kier molecular flexibility index (Phi) is 8.75. The summed E-state index contributed by atoms with van der Waals surface area (Å²) < 4.78 is 7.24. The van der Waals surface area contributed by atoms with Crippen LogP contribution in [-0.2, 0) is 24.5 Å². The Morgan fingerprint density at radius 3 is 2.50 bits per heavy atom. The Hall–Kier alpha value is -2.22. The summed E-state index contributed by atoms with van der Waals surface area (Å²) in [5.41, 5.74) is 7.11. The van der Waals surface area contributed by atoms with Gasteiger partial charge in [0.15, 0.2) is 0 Å². The maximum absolute atomic E-state index is 9.88. The number of methoxy groups -OCH3 is 1. The van der Waals surface area contributed by atoms with Crippen LogP contribution in [0.3, 0.4) is 0 Å². The van der Waals surface area contributed by atoms with E-state index < -0.39 is 14.7 Å². The fourth-order valence-corrected chi connectivity index (χ4v) is 9.95. The summed E-state index contributed by atoms with van der Waals surface area (Å²) in [6, 6.07) is 22.1. The molecule has 0 bridgehead atoms. The van der Waals surface area contributed by atoms with Crippen LogP contribution in [-0.4, -0.2) is 40.0 Å². The van der Waals surface area contributed by atoms with E-state index in [0.29, 0.717) is 11.7 Å². The van der Waals surface area contributed by atoms with Crippen molar-refractivity contribution < 1.29 is 9.84 Å². The zero-order chi connectivity index (χ0) is 23.9. The Bertz CT molecular complexity index is 1080. The first-order chi connectivity index (χ1) is 16.6. The predicted molar refractivity (Wildman–Crippen MR) is 144 cm³/mol. The summed E-state index contributed by atoms with van der Waals surface area (Å²) in [4.78, 5) is 0. The van der Waals surface area contributed by atoms with Crippen molar-refractivity contribution in [3.8, 4) is 11.5 Å². The number of ether oxygens (including phenoxy) is 1. The maximum atomic E-state index is 9.88. The van der Waals surface area contributed by atoms with E-state index in [9.17, 15) is 5.11 Å². The molecule has 4 heteroatoms. The van der Waals surface area contributed by atoms with Crippen molar-refractivity contribution in [2.24, 2.45) is 0 Å². The fourth-order valence-electron chi connectivity index (χ4n) is 5.08. The third kappa shape index (κ3) is 6.06. The molecule has 2 N–H and O–H groups in total. The van der Waals surface area contributed by atoms with E-state index >= 15 is 0 Å². The van der Waals surface area contributed by atoms with Crippen LogP contribution in [0.5, 0.6) is 11.5 Å². The first kappa shape index (κ1) is 24.9. The van der Waals surface area contributed by atoms with E-state index in [1.807, 2.05) is 12.1 Å². The molecule has 34 heavy (non-hydrogen) atoms. The molecular weight excluding hydrogens is 481 g/mol. The van der Waals surface area contributed by atoms with E-state index in [1.165, 1.54) is 38.2 Å². The standard InChI is InChI=1S/C30H38AsNO2/c1-4-31(21-23-8-6-22(7-9-23)16-17-32-5-2)30-20-28(34-3)14-15-29(30)26-11-10-25-19-27(33)13-12-24(25)18-26/h6-9,12-15,19-20,26,32-33H,4-5,10-11,16-18,21H2,1-3H3. The second kappa shape index (κ2) is 12.0. The van der Waals surface area contributed by atoms with E-state index in [1.54, 1.807) is 11.5 Å². The molecule has 0 saturated carbocycles. The van der Waals surface area contributed by atoms with Crippen LogP contribution in [0.2, 0.25) is 5.21 Å². The molecule has 3 nitrogen and oxygen atoms in total. The molecule has 0 aliphatic heterocycles. The molecule has 0 heterocycles. The van der Waals surface area contributed by atoms with Crippen molar-refractivity contribution in [1.29, 1.82) is 0 Å². The molecule has 0 spiro atoms. The van der Waals surface area contributed by atoms with Gasteiger partial charge in [-0.15, -0.1) is 0 Å². The summed E-state index contributed by atoms with van der Waals surface area (Å²) in [7, 11) is 1.78. The van der Waals surface area contributed by atoms with Gasteiger partial charge in [0.05, 0.1) is 0 Å². The summed E-state index contributed by atoms with van der Waals surface area (Å²) in [5.74, 6) is 1.90. The molecule has 0 amide bonds. The molecule has 0 saturated heterocycles. The Labute approximate surface area is 209 Å². The summed E-state index contributed by atoms with van der Waals surface area (Å²) in [6.07, 6.45) is 4.32. The fraction of sp³-hybridized carbons (Fsp3) is 0.400. The van der Waals surface area contributed by atoms with Gasteiger partial charge in [0.1, 0.15) is 0 Å². The van der Waals surface area contributed by atoms with Crippen LogP contribution in [0.1, 0.15) is 54.0 Å². The first-order valence-electron chi connectivity index (χ1n) is 12.6. The number of fused-ring (bicyclic) bond motifs is 1. The topological polar surface area (TPSA) is 41.5 Å². The van der Waals surface area contributed by atoms with Gasteiger partial charge in [0, 0.05) is 0 Å². The second-order valence-corrected chi connectivity index (χ2v) is 14.5. The van der Waals surface area contributed by atoms with E-state index in [4.69, 9.17) is 4.74 Å². The van der Waals surface area contributed by atoms with Gasteiger partial charge in [-0.2, -0.15) is 0 Å². The van der Waals surface area contributed by atoms with Gasteiger partial charge in [-0.25, -0.2) is 0 Å². The van der Waals surface area contributed by atoms with E-state index in [-0.39, 0.29) is 0 Å². The zero-order valence-electron chi connectivity index (χ0n) is 20.8. The molecule has 3 aromatic carbocycles. The van der Waals surface area contributed by atoms with E-state index in [2.05, 4.69) is 67.7 Å². The number of rotatable bonds is 10. The normalized spacial score (nSPS) is 16.1. The molecule has 4 rings (SSSR count). The van der Waals surface area contributed by atoms with Crippen molar-refractivity contribution >= 4 is 19.0 Å². The Morgan fingerprint density at radius 2 is 1.76 bits per heavy atom. The van der Waals surface area contributed by atoms with Crippen LogP contribution in [0.15, 0.2) is 60.7 Å². The number of likely N-dealkylation sites (N-methyl/N-ethyl adjacent to an activating group) is 1. The van der Waals surface area contributed by atoms with Gasteiger partial charge in [-0.05, 0) is 0 Å². The molecule has 1 aliphatic rings. The summed E-state index contributed by atoms with van der Waals surface area (Å²) in [5, 5.41) is 15.7. The van der Waals surface area contributed by atoms with Gasteiger partial charge in [0.25, 0.3) is 0 Å². The number of phenolic OH excluding ortho intramolecular Hbond substituents is 1. The van der Waals surface area contributed by atoms with Gasteiger partial charge >= 0.3 is 210 Å². The van der Waals surface area contributed by atoms with Crippen molar-refractivity contribution in [1.82, 2.24) is 5.32 Å². The number of hydrogen-bond donors (Lipinski definition) is 2. The molecule has 180 valence electrons. The molecule has 0 fully saturated rings. The van der Waals surface area contributed by atoms with Crippen molar-refractivity contribution in [2.75, 3.05) is 20.2 Å². The van der Waals surface area contributed by atoms with Crippen LogP contribution in [0.4, 0.5) is 0 Å². The molecule has 1 aliphatic carbocycles. The second-order valence-electron chi connectivity index (χ2n) is 9.25. The summed E-state index contributed by atoms with van der Waals surface area (Å²) >= 11 is -1.30. The molecule has 2 atom stereocenters. The molecule has 2 unspecified atom stereocenters. The average Bonchev–Trinajstić information content (AvgIpc) is 2.87. The van der Waals surface area contributed by atoms with Crippen molar-refractivity contribution in [3.63, 3.8) is 0 Å². The third-order valence-corrected chi connectivity index (χ3v) is 12.5. The minimum absolute atomic E-state index is 0.383. The quantitative estimate of drug-likeness (QED) is 0.281. The predicted octanol–water partition coefficient (Wildman–Crippen LogP) is 5.33. The number of nitrogens with one attached hydrogen (secondary N) is 1. The number of phenols is 1. The summed E-state index contributed by atoms with van der Waals surface area (Å²) in [6.45, 7) is 6.59. The monoisotopic (exact) mass is 519 g/mol. The Morgan fingerprint density at radius 1 is 0.971 bits per heavy atom. The van der Waals surface area contributed by atoms with Gasteiger partial charge in [-0.3, -0.25) is 0 Å². The van der Waals surface area contributed by atoms with Crippen LogP contribution in [0.25, 0.3) is 0 Å². The number of benzene rings is 3. The number of aryl methyl sites for hydroxylation is 1.